The Hall–Kier alpha value is -0.120. The summed E-state index contributed by atoms with van der Waals surface area (Å²) in [5.41, 5.74) is 0.243. The topological polar surface area (TPSA) is 24.5 Å². The quantitative estimate of drug-likeness (QED) is 0.767. The minimum absolute atomic E-state index is 0.243. The van der Waals surface area contributed by atoms with Crippen molar-refractivity contribution in [3.63, 3.8) is 0 Å². The Bertz CT molecular complexity index is 232. The van der Waals surface area contributed by atoms with Crippen molar-refractivity contribution in [1.82, 2.24) is 10.2 Å². The van der Waals surface area contributed by atoms with E-state index in [4.69, 9.17) is 4.74 Å². The summed E-state index contributed by atoms with van der Waals surface area (Å²) in [5, 5.41) is 3.54. The second kappa shape index (κ2) is 5.68. The average molecular weight is 240 g/mol. The fourth-order valence-corrected chi connectivity index (χ4v) is 3.02. The van der Waals surface area contributed by atoms with Gasteiger partial charge in [0.2, 0.25) is 0 Å². The van der Waals surface area contributed by atoms with Crippen LogP contribution in [0, 0.1) is 5.92 Å². The fraction of sp³-hybridized carbons (Fsp3) is 1.00. The molecule has 0 bridgehead atoms. The van der Waals surface area contributed by atoms with Crippen molar-refractivity contribution in [3.05, 3.63) is 0 Å². The highest BCUT2D eigenvalue weighted by Gasteiger charge is 2.36. The predicted molar refractivity (Wildman–Crippen MR) is 71.3 cm³/mol. The van der Waals surface area contributed by atoms with Gasteiger partial charge in [-0.15, -0.1) is 0 Å². The number of likely N-dealkylation sites (N-methyl/N-ethyl adjacent to an activating group) is 1. The van der Waals surface area contributed by atoms with Crippen molar-refractivity contribution in [2.75, 3.05) is 33.4 Å². The fourth-order valence-electron chi connectivity index (χ4n) is 3.02. The molecule has 0 spiro atoms. The van der Waals surface area contributed by atoms with Crippen LogP contribution in [0.25, 0.3) is 0 Å². The Labute approximate surface area is 106 Å². The second-order valence-electron chi connectivity index (χ2n) is 6.12. The third-order valence-electron chi connectivity index (χ3n) is 4.59. The molecule has 1 saturated carbocycles. The van der Waals surface area contributed by atoms with Crippen LogP contribution in [0.2, 0.25) is 0 Å². The number of nitrogens with zero attached hydrogens (tertiary/aromatic N) is 1. The smallest absolute Gasteiger partial charge is 0.0594 e. The van der Waals surface area contributed by atoms with Crippen LogP contribution in [-0.4, -0.2) is 49.8 Å². The Balaban J connectivity index is 1.88. The molecular formula is C14H28N2O. The van der Waals surface area contributed by atoms with Gasteiger partial charge < -0.3 is 10.1 Å². The molecule has 2 fully saturated rings. The lowest BCUT2D eigenvalue weighted by Crippen LogP contribution is -2.59. The summed E-state index contributed by atoms with van der Waals surface area (Å²) in [6, 6.07) is 0.598. The van der Waals surface area contributed by atoms with Crippen molar-refractivity contribution < 1.29 is 4.74 Å². The van der Waals surface area contributed by atoms with Gasteiger partial charge in [-0.25, -0.2) is 0 Å². The van der Waals surface area contributed by atoms with Crippen molar-refractivity contribution >= 4 is 0 Å². The Morgan fingerprint density at radius 2 is 1.94 bits per heavy atom. The first kappa shape index (κ1) is 13.3. The van der Waals surface area contributed by atoms with Crippen LogP contribution in [0.1, 0.15) is 39.5 Å². The van der Waals surface area contributed by atoms with E-state index in [1.54, 1.807) is 0 Å². The van der Waals surface area contributed by atoms with E-state index in [1.807, 2.05) is 0 Å². The van der Waals surface area contributed by atoms with E-state index in [-0.39, 0.29) is 5.54 Å². The summed E-state index contributed by atoms with van der Waals surface area (Å²) in [6.07, 6.45) is 5.65. The molecule has 1 saturated heterocycles. The number of hydrogen-bond donors (Lipinski definition) is 1. The summed E-state index contributed by atoms with van der Waals surface area (Å²) >= 11 is 0. The van der Waals surface area contributed by atoms with Crippen molar-refractivity contribution in [2.45, 2.75) is 51.1 Å². The SMILES string of the molecule is CNC(CCC1CC1)C(C)(C)N1CCOCC1. The van der Waals surface area contributed by atoms with Gasteiger partial charge in [0, 0.05) is 24.7 Å². The van der Waals surface area contributed by atoms with Gasteiger partial charge in [-0.05, 0) is 39.7 Å². The molecule has 1 N–H and O–H groups in total. The normalized spacial score (nSPS) is 24.9. The summed E-state index contributed by atoms with van der Waals surface area (Å²) in [4.78, 5) is 2.59. The van der Waals surface area contributed by atoms with Crippen LogP contribution in [0.4, 0.5) is 0 Å². The van der Waals surface area contributed by atoms with Crippen molar-refractivity contribution in [2.24, 2.45) is 5.92 Å². The Kier molecular flexibility index (Phi) is 4.45. The molecule has 0 aromatic heterocycles. The summed E-state index contributed by atoms with van der Waals surface area (Å²) in [7, 11) is 2.11. The van der Waals surface area contributed by atoms with Gasteiger partial charge in [0.05, 0.1) is 13.2 Å². The minimum Gasteiger partial charge on any atom is -0.379 e. The van der Waals surface area contributed by atoms with E-state index >= 15 is 0 Å². The molecule has 1 unspecified atom stereocenters. The highest BCUT2D eigenvalue weighted by molar-refractivity contribution is 4.94. The second-order valence-corrected chi connectivity index (χ2v) is 6.12. The molecule has 3 heteroatoms. The largest absolute Gasteiger partial charge is 0.379 e. The van der Waals surface area contributed by atoms with Gasteiger partial charge in [0.25, 0.3) is 0 Å². The molecule has 17 heavy (non-hydrogen) atoms. The van der Waals surface area contributed by atoms with Crippen molar-refractivity contribution in [3.8, 4) is 0 Å². The zero-order valence-corrected chi connectivity index (χ0v) is 11.7. The van der Waals surface area contributed by atoms with Crippen LogP contribution >= 0.6 is 0 Å². The lowest BCUT2D eigenvalue weighted by Gasteiger charge is -2.46. The van der Waals surface area contributed by atoms with E-state index in [0.717, 1.165) is 32.2 Å². The first-order valence-corrected chi connectivity index (χ1v) is 7.14. The molecule has 0 radical (unpaired) electrons. The maximum absolute atomic E-state index is 5.45. The zero-order valence-electron chi connectivity index (χ0n) is 11.7. The van der Waals surface area contributed by atoms with Crippen LogP contribution < -0.4 is 5.32 Å². The first-order valence-electron chi connectivity index (χ1n) is 7.14. The summed E-state index contributed by atoms with van der Waals surface area (Å²) in [6.45, 7) is 8.70. The molecular weight excluding hydrogens is 212 g/mol. The molecule has 1 aliphatic heterocycles. The highest BCUT2D eigenvalue weighted by Crippen LogP contribution is 2.35. The number of nitrogens with one attached hydrogen (secondary N) is 1. The lowest BCUT2D eigenvalue weighted by molar-refractivity contribution is -0.0238. The van der Waals surface area contributed by atoms with Gasteiger partial charge in [-0.1, -0.05) is 12.8 Å². The zero-order chi connectivity index (χ0) is 12.3. The molecule has 1 atom stereocenters. The van der Waals surface area contributed by atoms with Crippen LogP contribution in [0.3, 0.4) is 0 Å². The number of morpholine rings is 1. The molecule has 0 aromatic carbocycles. The highest BCUT2D eigenvalue weighted by atomic mass is 16.5. The number of hydrogen-bond acceptors (Lipinski definition) is 3. The maximum atomic E-state index is 5.45. The maximum Gasteiger partial charge on any atom is 0.0594 e. The van der Waals surface area contributed by atoms with E-state index in [0.29, 0.717) is 6.04 Å². The van der Waals surface area contributed by atoms with Gasteiger partial charge in [-0.3, -0.25) is 4.90 Å². The Morgan fingerprint density at radius 1 is 1.29 bits per heavy atom. The van der Waals surface area contributed by atoms with Gasteiger partial charge in [-0.2, -0.15) is 0 Å². The molecule has 1 heterocycles. The summed E-state index contributed by atoms with van der Waals surface area (Å²) in [5.74, 6) is 1.03. The predicted octanol–water partition coefficient (Wildman–Crippen LogP) is 1.88. The molecule has 1 aliphatic carbocycles. The standard InChI is InChI=1S/C14H28N2O/c1-14(2,16-8-10-17-11-9-16)13(15-3)7-6-12-4-5-12/h12-13,15H,4-11H2,1-3H3. The van der Waals surface area contributed by atoms with E-state index in [9.17, 15) is 0 Å². The molecule has 2 rings (SSSR count). The molecule has 0 amide bonds. The van der Waals surface area contributed by atoms with Crippen molar-refractivity contribution in [1.29, 1.82) is 0 Å². The summed E-state index contributed by atoms with van der Waals surface area (Å²) < 4.78 is 5.45. The van der Waals surface area contributed by atoms with E-state index in [1.165, 1.54) is 25.7 Å². The number of ether oxygens (including phenoxy) is 1. The van der Waals surface area contributed by atoms with Gasteiger partial charge in [0.15, 0.2) is 0 Å². The third kappa shape index (κ3) is 3.43. The molecule has 3 nitrogen and oxygen atoms in total. The van der Waals surface area contributed by atoms with E-state index in [2.05, 4.69) is 31.1 Å². The lowest BCUT2D eigenvalue weighted by atomic mass is 9.88. The van der Waals surface area contributed by atoms with E-state index < -0.39 is 0 Å². The average Bonchev–Trinajstić information content (AvgIpc) is 3.15. The van der Waals surface area contributed by atoms with Crippen LogP contribution in [-0.2, 0) is 4.74 Å². The molecule has 2 aliphatic rings. The Morgan fingerprint density at radius 3 is 2.47 bits per heavy atom. The molecule has 0 aromatic rings. The minimum atomic E-state index is 0.243. The first-order chi connectivity index (χ1) is 8.14. The van der Waals surface area contributed by atoms with Crippen LogP contribution in [0.15, 0.2) is 0 Å². The van der Waals surface area contributed by atoms with Gasteiger partial charge >= 0.3 is 0 Å². The van der Waals surface area contributed by atoms with Gasteiger partial charge in [0.1, 0.15) is 0 Å². The number of rotatable bonds is 6. The van der Waals surface area contributed by atoms with Crippen LogP contribution in [0.5, 0.6) is 0 Å². The molecule has 100 valence electrons. The third-order valence-corrected chi connectivity index (χ3v) is 4.59. The monoisotopic (exact) mass is 240 g/mol.